The minimum atomic E-state index is -1.00. The molecule has 0 unspecified atom stereocenters. The molecule has 0 fully saturated rings. The highest BCUT2D eigenvalue weighted by atomic mass is 16.4. The molecule has 0 aliphatic carbocycles. The minimum Gasteiger partial charge on any atom is -0.508 e. The number of aromatic hydroxyl groups is 1. The molecule has 82 valence electrons. The number of aromatic carboxylic acids is 1. The average Bonchev–Trinajstić information content (AvgIpc) is 2.69. The molecule has 0 spiro atoms. The molecule has 5 heteroatoms. The van der Waals surface area contributed by atoms with E-state index >= 15 is 0 Å². The van der Waals surface area contributed by atoms with Crippen molar-refractivity contribution >= 4 is 5.97 Å². The normalized spacial score (nSPS) is 10.2. The predicted molar refractivity (Wildman–Crippen MR) is 56.4 cm³/mol. The first-order chi connectivity index (χ1) is 7.66. The summed E-state index contributed by atoms with van der Waals surface area (Å²) in [6.07, 6.45) is 1.45. The van der Waals surface area contributed by atoms with Crippen LogP contribution in [0.4, 0.5) is 0 Å². The predicted octanol–water partition coefficient (Wildman–Crippen LogP) is 1.34. The zero-order valence-corrected chi connectivity index (χ0v) is 8.37. The smallest absolute Gasteiger partial charge is 0.354 e. The van der Waals surface area contributed by atoms with Gasteiger partial charge < -0.3 is 10.2 Å². The second-order valence-corrected chi connectivity index (χ2v) is 3.35. The third-order valence-corrected chi connectivity index (χ3v) is 2.20. The fraction of sp³-hybridized carbons (Fsp3) is 0.0909. The van der Waals surface area contributed by atoms with Crippen LogP contribution in [-0.4, -0.2) is 26.0 Å². The van der Waals surface area contributed by atoms with E-state index in [1.807, 2.05) is 0 Å². The average molecular weight is 218 g/mol. The first-order valence-corrected chi connectivity index (χ1v) is 4.70. The lowest BCUT2D eigenvalue weighted by Crippen LogP contribution is -2.10. The number of benzene rings is 1. The van der Waals surface area contributed by atoms with Crippen LogP contribution in [0.1, 0.15) is 16.1 Å². The summed E-state index contributed by atoms with van der Waals surface area (Å²) in [6.45, 7) is 0.370. The van der Waals surface area contributed by atoms with Gasteiger partial charge in [0.05, 0.1) is 6.54 Å². The molecule has 0 saturated carbocycles. The Labute approximate surface area is 91.6 Å². The van der Waals surface area contributed by atoms with Gasteiger partial charge in [0.1, 0.15) is 11.4 Å². The number of phenolic OH excluding ortho intramolecular Hbond substituents is 1. The van der Waals surface area contributed by atoms with Crippen molar-refractivity contribution in [2.24, 2.45) is 0 Å². The van der Waals surface area contributed by atoms with E-state index in [4.69, 9.17) is 10.2 Å². The molecule has 16 heavy (non-hydrogen) atoms. The van der Waals surface area contributed by atoms with Gasteiger partial charge >= 0.3 is 5.97 Å². The minimum absolute atomic E-state index is 0.146. The molecule has 0 saturated heterocycles. The highest BCUT2D eigenvalue weighted by Gasteiger charge is 2.09. The number of carbonyl (C=O) groups is 1. The molecule has 1 heterocycles. The molecule has 0 aliphatic heterocycles. The Morgan fingerprint density at radius 3 is 2.56 bits per heavy atom. The molecule has 0 atom stereocenters. The maximum absolute atomic E-state index is 10.8. The number of aromatic nitrogens is 2. The Morgan fingerprint density at radius 1 is 1.25 bits per heavy atom. The molecule has 5 nitrogen and oxygen atoms in total. The van der Waals surface area contributed by atoms with Crippen molar-refractivity contribution in [3.63, 3.8) is 0 Å². The molecule has 2 rings (SSSR count). The fourth-order valence-electron chi connectivity index (χ4n) is 1.41. The number of carboxylic acids is 1. The summed E-state index contributed by atoms with van der Waals surface area (Å²) in [6, 6.07) is 8.01. The van der Waals surface area contributed by atoms with Gasteiger partial charge in [-0.05, 0) is 23.8 Å². The van der Waals surface area contributed by atoms with E-state index in [0.717, 1.165) is 5.56 Å². The molecule has 1 aromatic carbocycles. The van der Waals surface area contributed by atoms with Crippen molar-refractivity contribution in [3.05, 3.63) is 47.8 Å². The lowest BCUT2D eigenvalue weighted by Gasteiger charge is -2.04. The van der Waals surface area contributed by atoms with Gasteiger partial charge in [0.25, 0.3) is 0 Å². The van der Waals surface area contributed by atoms with Crippen molar-refractivity contribution in [3.8, 4) is 5.75 Å². The van der Waals surface area contributed by atoms with Crippen molar-refractivity contribution in [1.82, 2.24) is 9.78 Å². The monoisotopic (exact) mass is 218 g/mol. The summed E-state index contributed by atoms with van der Waals surface area (Å²) in [5, 5.41) is 21.9. The number of rotatable bonds is 3. The van der Waals surface area contributed by atoms with Gasteiger partial charge in [-0.1, -0.05) is 12.1 Å². The number of carboxylic acid groups (broad SMARTS) is 1. The zero-order valence-electron chi connectivity index (χ0n) is 8.37. The Hall–Kier alpha value is -2.30. The summed E-state index contributed by atoms with van der Waals surface area (Å²) >= 11 is 0. The van der Waals surface area contributed by atoms with Crippen molar-refractivity contribution in [2.75, 3.05) is 0 Å². The number of hydrogen-bond acceptors (Lipinski definition) is 3. The van der Waals surface area contributed by atoms with Gasteiger partial charge in [-0.3, -0.25) is 4.68 Å². The standard InChI is InChI=1S/C11H10N2O3/c14-9-3-1-8(2-4-9)7-13-10(11(15)16)5-6-12-13/h1-6,14H,7H2,(H,15,16). The van der Waals surface area contributed by atoms with Crippen molar-refractivity contribution in [1.29, 1.82) is 0 Å². The lowest BCUT2D eigenvalue weighted by atomic mass is 10.2. The Kier molecular flexibility index (Phi) is 2.59. The van der Waals surface area contributed by atoms with E-state index in [-0.39, 0.29) is 11.4 Å². The summed E-state index contributed by atoms with van der Waals surface area (Å²) in [5.74, 6) is -0.820. The van der Waals surface area contributed by atoms with Crippen LogP contribution in [0.2, 0.25) is 0 Å². The van der Waals surface area contributed by atoms with E-state index in [0.29, 0.717) is 6.54 Å². The quantitative estimate of drug-likeness (QED) is 0.815. The SMILES string of the molecule is O=C(O)c1ccnn1Cc1ccc(O)cc1. The van der Waals surface area contributed by atoms with E-state index in [9.17, 15) is 4.79 Å². The molecule has 1 aromatic heterocycles. The van der Waals surface area contributed by atoms with Crippen LogP contribution in [0.3, 0.4) is 0 Å². The Balaban J connectivity index is 2.23. The number of nitrogens with zero attached hydrogens (tertiary/aromatic N) is 2. The van der Waals surface area contributed by atoms with Gasteiger partial charge in [0.2, 0.25) is 0 Å². The van der Waals surface area contributed by atoms with Gasteiger partial charge in [-0.2, -0.15) is 5.10 Å². The summed E-state index contributed by atoms with van der Waals surface area (Å²) in [4.78, 5) is 10.8. The number of hydrogen-bond donors (Lipinski definition) is 2. The second kappa shape index (κ2) is 4.06. The van der Waals surface area contributed by atoms with E-state index in [1.165, 1.54) is 16.9 Å². The third kappa shape index (κ3) is 2.03. The Bertz CT molecular complexity index is 502. The summed E-state index contributed by atoms with van der Waals surface area (Å²) in [5.41, 5.74) is 1.03. The highest BCUT2D eigenvalue weighted by molar-refractivity contribution is 5.85. The number of phenols is 1. The molecule has 0 radical (unpaired) electrons. The lowest BCUT2D eigenvalue weighted by molar-refractivity contribution is 0.0684. The zero-order chi connectivity index (χ0) is 11.5. The topological polar surface area (TPSA) is 75.3 Å². The van der Waals surface area contributed by atoms with Gasteiger partial charge in [-0.15, -0.1) is 0 Å². The third-order valence-electron chi connectivity index (χ3n) is 2.20. The first-order valence-electron chi connectivity index (χ1n) is 4.70. The highest BCUT2D eigenvalue weighted by Crippen LogP contribution is 2.11. The first kappa shape index (κ1) is 10.2. The molecule has 0 aliphatic rings. The van der Waals surface area contributed by atoms with Crippen LogP contribution in [0.15, 0.2) is 36.5 Å². The maximum Gasteiger partial charge on any atom is 0.354 e. The van der Waals surface area contributed by atoms with Crippen molar-refractivity contribution in [2.45, 2.75) is 6.54 Å². The van der Waals surface area contributed by atoms with E-state index < -0.39 is 5.97 Å². The largest absolute Gasteiger partial charge is 0.508 e. The van der Waals surface area contributed by atoms with Gasteiger partial charge in [-0.25, -0.2) is 4.79 Å². The van der Waals surface area contributed by atoms with Gasteiger partial charge in [0.15, 0.2) is 0 Å². The molecule has 0 bridgehead atoms. The van der Waals surface area contributed by atoms with E-state index in [1.54, 1.807) is 24.3 Å². The summed E-state index contributed by atoms with van der Waals surface area (Å²) < 4.78 is 1.40. The fourth-order valence-corrected chi connectivity index (χ4v) is 1.41. The van der Waals surface area contributed by atoms with Crippen LogP contribution in [0.5, 0.6) is 5.75 Å². The molecule has 0 amide bonds. The van der Waals surface area contributed by atoms with Crippen molar-refractivity contribution < 1.29 is 15.0 Å². The van der Waals surface area contributed by atoms with Crippen LogP contribution in [0.25, 0.3) is 0 Å². The molecule has 2 aromatic rings. The summed E-state index contributed by atoms with van der Waals surface area (Å²) in [7, 11) is 0. The van der Waals surface area contributed by atoms with Crippen LogP contribution < -0.4 is 0 Å². The van der Waals surface area contributed by atoms with E-state index in [2.05, 4.69) is 5.10 Å². The van der Waals surface area contributed by atoms with Crippen LogP contribution in [-0.2, 0) is 6.54 Å². The maximum atomic E-state index is 10.8. The molecule has 2 N–H and O–H groups in total. The molecular formula is C11H10N2O3. The molecular weight excluding hydrogens is 208 g/mol. The van der Waals surface area contributed by atoms with Gasteiger partial charge in [0, 0.05) is 6.20 Å². The van der Waals surface area contributed by atoms with Crippen LogP contribution >= 0.6 is 0 Å². The Morgan fingerprint density at radius 2 is 1.94 bits per heavy atom. The second-order valence-electron chi connectivity index (χ2n) is 3.35. The van der Waals surface area contributed by atoms with Crippen LogP contribution in [0, 0.1) is 0 Å².